The number of benzene rings is 9. The van der Waals surface area contributed by atoms with E-state index in [-0.39, 0.29) is 10.8 Å². The molecule has 0 fully saturated rings. The van der Waals surface area contributed by atoms with Crippen LogP contribution < -0.4 is 0 Å². The van der Waals surface area contributed by atoms with E-state index in [9.17, 15) is 0 Å². The smallest absolute Gasteiger partial charge is 0.146 e. The number of rotatable bonds is 2. The lowest BCUT2D eigenvalue weighted by Gasteiger charge is -2.19. The highest BCUT2D eigenvalue weighted by molar-refractivity contribution is 6.34. The molecule has 0 atom stereocenters. The Morgan fingerprint density at radius 2 is 1.00 bits per heavy atom. The van der Waals surface area contributed by atoms with Crippen LogP contribution in [0.15, 0.2) is 170 Å². The highest BCUT2D eigenvalue weighted by Gasteiger charge is 2.29. The molecular weight excluding hydrogens is 813 g/mol. The first kappa shape index (κ1) is 37.3. The van der Waals surface area contributed by atoms with Gasteiger partial charge in [-0.05, 0) is 122 Å². The van der Waals surface area contributed by atoms with Crippen molar-refractivity contribution in [3.05, 3.63) is 181 Å². The van der Waals surface area contributed by atoms with Crippen molar-refractivity contribution in [3.8, 4) is 16.8 Å². The molecule has 0 bridgehead atoms. The van der Waals surface area contributed by atoms with Gasteiger partial charge < -0.3 is 8.97 Å². The average molecular weight is 859 g/mol. The Hall–Kier alpha value is -7.95. The highest BCUT2D eigenvalue weighted by atomic mass is 15.0. The molecule has 9 aromatic carbocycles. The predicted molar refractivity (Wildman–Crippen MR) is 286 cm³/mol. The Balaban J connectivity index is 1.13. The first-order valence-corrected chi connectivity index (χ1v) is 23.7. The zero-order valence-corrected chi connectivity index (χ0v) is 38.5. The minimum absolute atomic E-state index is 0.0216. The van der Waals surface area contributed by atoms with Crippen LogP contribution in [0.25, 0.3) is 137 Å². The summed E-state index contributed by atoms with van der Waals surface area (Å²) in [6.07, 6.45) is 0. The lowest BCUT2D eigenvalue weighted by molar-refractivity contribution is 0.591. The Labute approximate surface area is 386 Å². The van der Waals surface area contributed by atoms with Gasteiger partial charge >= 0.3 is 0 Å². The first-order valence-electron chi connectivity index (χ1n) is 23.7. The van der Waals surface area contributed by atoms with E-state index in [0.29, 0.717) is 0 Å². The topological polar surface area (TPSA) is 26.6 Å². The normalized spacial score (nSPS) is 13.2. The third-order valence-electron chi connectivity index (χ3n) is 15.3. The molecule has 4 heteroatoms. The number of hydrogen-bond donors (Lipinski definition) is 0. The van der Waals surface area contributed by atoms with E-state index in [1.165, 1.54) is 125 Å². The molecule has 15 aromatic rings. The second kappa shape index (κ2) is 12.5. The fraction of sp³-hybridized carbons (Fsp3) is 0.127. The van der Waals surface area contributed by atoms with Crippen molar-refractivity contribution in [1.82, 2.24) is 18.4 Å². The van der Waals surface area contributed by atoms with E-state index in [1.807, 2.05) is 0 Å². The van der Waals surface area contributed by atoms with Gasteiger partial charge in [0.1, 0.15) is 5.65 Å². The van der Waals surface area contributed by atoms with Crippen LogP contribution in [-0.4, -0.2) is 18.4 Å². The minimum Gasteiger partial charge on any atom is -0.309 e. The molecule has 0 aliphatic rings. The molecule has 0 aliphatic carbocycles. The van der Waals surface area contributed by atoms with E-state index < -0.39 is 0 Å². The maximum absolute atomic E-state index is 5.91. The van der Waals surface area contributed by atoms with Gasteiger partial charge in [-0.25, -0.2) is 4.98 Å². The molecule has 0 aliphatic heterocycles. The summed E-state index contributed by atoms with van der Waals surface area (Å²) in [7, 11) is 0. The summed E-state index contributed by atoms with van der Waals surface area (Å²) in [6.45, 7) is 14.0. The van der Waals surface area contributed by atoms with Crippen molar-refractivity contribution in [3.63, 3.8) is 0 Å². The Bertz CT molecular complexity index is 4620. The lowest BCUT2D eigenvalue weighted by atomic mass is 9.85. The molecule has 6 aromatic heterocycles. The molecule has 6 heterocycles. The fourth-order valence-electron chi connectivity index (χ4n) is 12.1. The van der Waals surface area contributed by atoms with Crippen molar-refractivity contribution < 1.29 is 0 Å². The SMILES string of the molecule is CC(C)(C)c1ccc2c(c1)c1c3ccccc3cc3c4cc5c(nc4n2c31)c1cc(C(C)(C)C)cc2c3c4ccccc4cc(-c4ccc6c(c4)c4ccccc4n6-c4ccccc4)c3n5c12. The van der Waals surface area contributed by atoms with E-state index in [4.69, 9.17) is 4.98 Å². The van der Waals surface area contributed by atoms with Crippen LogP contribution in [0.1, 0.15) is 52.7 Å². The van der Waals surface area contributed by atoms with Crippen molar-refractivity contribution in [2.45, 2.75) is 52.4 Å². The maximum Gasteiger partial charge on any atom is 0.146 e. The van der Waals surface area contributed by atoms with Crippen molar-refractivity contribution in [2.24, 2.45) is 0 Å². The molecule has 0 saturated carbocycles. The molecule has 0 radical (unpaired) electrons. The Morgan fingerprint density at radius 3 is 1.76 bits per heavy atom. The summed E-state index contributed by atoms with van der Waals surface area (Å²) in [5, 5.41) is 16.4. The summed E-state index contributed by atoms with van der Waals surface area (Å²) >= 11 is 0. The van der Waals surface area contributed by atoms with Gasteiger partial charge in [0.15, 0.2) is 0 Å². The van der Waals surface area contributed by atoms with Crippen LogP contribution in [0.2, 0.25) is 0 Å². The molecule has 0 N–H and O–H groups in total. The summed E-state index contributed by atoms with van der Waals surface area (Å²) in [4.78, 5) is 5.91. The molecule has 67 heavy (non-hydrogen) atoms. The minimum atomic E-state index is -0.0894. The standard InChI is InChI=1S/C63H46N4/c1-62(2,3)38-25-27-53-48(31-38)55-41-20-12-11-17-36(41)30-46-47-34-54-57(64-61(47)67(53)60(46)55)50-33-39(63(4,5)6)32-49-56-42-21-13-10-16-35(42)28-44(59(56)66(54)58(49)50)37-24-26-52-45(29-37)43-22-14-15-23-51(43)65(52)40-18-8-7-9-19-40/h7-34H,1-6H3. The molecule has 0 spiro atoms. The molecule has 0 amide bonds. The largest absolute Gasteiger partial charge is 0.309 e. The number of fused-ring (bicyclic) bond motifs is 19. The third-order valence-corrected chi connectivity index (χ3v) is 15.3. The van der Waals surface area contributed by atoms with Crippen LogP contribution in [0.4, 0.5) is 0 Å². The third kappa shape index (κ3) is 4.79. The van der Waals surface area contributed by atoms with E-state index in [0.717, 1.165) is 22.4 Å². The number of para-hydroxylation sites is 2. The fourth-order valence-corrected chi connectivity index (χ4v) is 12.1. The first-order chi connectivity index (χ1) is 32.5. The molecule has 318 valence electrons. The lowest BCUT2D eigenvalue weighted by Crippen LogP contribution is -2.10. The van der Waals surface area contributed by atoms with Crippen LogP contribution in [0, 0.1) is 0 Å². The quantitative estimate of drug-likeness (QED) is 0.170. The average Bonchev–Trinajstić information content (AvgIpc) is 4.12. The second-order valence-corrected chi connectivity index (χ2v) is 21.2. The van der Waals surface area contributed by atoms with Gasteiger partial charge in [0, 0.05) is 59.7 Å². The Morgan fingerprint density at radius 1 is 0.373 bits per heavy atom. The van der Waals surface area contributed by atoms with Crippen LogP contribution in [0.3, 0.4) is 0 Å². The molecule has 0 saturated heterocycles. The van der Waals surface area contributed by atoms with Gasteiger partial charge in [-0.3, -0.25) is 4.40 Å². The zero-order chi connectivity index (χ0) is 44.8. The van der Waals surface area contributed by atoms with Crippen LogP contribution >= 0.6 is 0 Å². The molecule has 0 unspecified atom stereocenters. The summed E-state index contributed by atoms with van der Waals surface area (Å²) in [6, 6.07) is 64.1. The number of nitrogens with zero attached hydrogens (tertiary/aromatic N) is 4. The number of hydrogen-bond acceptors (Lipinski definition) is 1. The maximum atomic E-state index is 5.91. The van der Waals surface area contributed by atoms with Gasteiger partial charge in [-0.15, -0.1) is 0 Å². The van der Waals surface area contributed by atoms with Crippen molar-refractivity contribution in [2.75, 3.05) is 0 Å². The van der Waals surface area contributed by atoms with Gasteiger partial charge in [0.2, 0.25) is 0 Å². The zero-order valence-electron chi connectivity index (χ0n) is 38.5. The van der Waals surface area contributed by atoms with Gasteiger partial charge in [0.05, 0.1) is 44.1 Å². The summed E-state index contributed by atoms with van der Waals surface area (Å²) < 4.78 is 7.48. The van der Waals surface area contributed by atoms with E-state index in [2.05, 4.69) is 225 Å². The number of pyridine rings is 1. The van der Waals surface area contributed by atoms with E-state index in [1.54, 1.807) is 0 Å². The molecule has 4 nitrogen and oxygen atoms in total. The Kier molecular flexibility index (Phi) is 6.94. The van der Waals surface area contributed by atoms with Gasteiger partial charge in [-0.2, -0.15) is 0 Å². The van der Waals surface area contributed by atoms with Crippen molar-refractivity contribution >= 4 is 120 Å². The molecule has 15 rings (SSSR count). The monoisotopic (exact) mass is 858 g/mol. The van der Waals surface area contributed by atoms with Crippen LogP contribution in [0.5, 0.6) is 0 Å². The van der Waals surface area contributed by atoms with E-state index >= 15 is 0 Å². The second-order valence-electron chi connectivity index (χ2n) is 21.2. The molecular formula is C63H46N4. The number of aromatic nitrogens is 4. The van der Waals surface area contributed by atoms with Crippen LogP contribution in [-0.2, 0) is 10.8 Å². The van der Waals surface area contributed by atoms with Gasteiger partial charge in [-0.1, -0.05) is 139 Å². The summed E-state index contributed by atoms with van der Waals surface area (Å²) in [5.41, 5.74) is 16.7. The van der Waals surface area contributed by atoms with Gasteiger partial charge in [0.25, 0.3) is 0 Å². The van der Waals surface area contributed by atoms with Crippen molar-refractivity contribution in [1.29, 1.82) is 0 Å². The predicted octanol–water partition coefficient (Wildman–Crippen LogP) is 17.0. The highest BCUT2D eigenvalue weighted by Crippen LogP contribution is 2.50. The summed E-state index contributed by atoms with van der Waals surface area (Å²) in [5.74, 6) is 0.